The van der Waals surface area contributed by atoms with Crippen LogP contribution in [0, 0.1) is 12.8 Å². The number of aryl methyl sites for hydroxylation is 1. The molecule has 1 fully saturated rings. The third-order valence-electron chi connectivity index (χ3n) is 5.24. The van der Waals surface area contributed by atoms with Crippen molar-refractivity contribution in [3.63, 3.8) is 0 Å². The molecule has 0 aromatic heterocycles. The van der Waals surface area contributed by atoms with Crippen LogP contribution in [-0.4, -0.2) is 18.5 Å². The van der Waals surface area contributed by atoms with Crippen molar-refractivity contribution in [1.82, 2.24) is 5.32 Å². The van der Waals surface area contributed by atoms with E-state index in [1.54, 1.807) is 0 Å². The Morgan fingerprint density at radius 2 is 1.91 bits per heavy atom. The predicted molar refractivity (Wildman–Crippen MR) is 99.0 cm³/mol. The van der Waals surface area contributed by atoms with Crippen molar-refractivity contribution < 1.29 is 4.79 Å². The topological polar surface area (TPSA) is 55.1 Å². The van der Waals surface area contributed by atoms with Crippen LogP contribution in [0.4, 0.5) is 0 Å². The van der Waals surface area contributed by atoms with E-state index in [9.17, 15) is 4.79 Å². The molecule has 2 atom stereocenters. The van der Waals surface area contributed by atoms with Gasteiger partial charge in [-0.05, 0) is 32.3 Å². The molecule has 3 nitrogen and oxygen atoms in total. The van der Waals surface area contributed by atoms with E-state index in [2.05, 4.69) is 36.5 Å². The number of carbonyl (C=O) groups is 1. The van der Waals surface area contributed by atoms with Crippen molar-refractivity contribution in [2.45, 2.75) is 64.3 Å². The summed E-state index contributed by atoms with van der Waals surface area (Å²) in [7, 11) is 0. The van der Waals surface area contributed by atoms with Gasteiger partial charge in [0.15, 0.2) is 0 Å². The zero-order valence-electron chi connectivity index (χ0n) is 14.6. The van der Waals surface area contributed by atoms with Gasteiger partial charge in [-0.15, -0.1) is 12.4 Å². The van der Waals surface area contributed by atoms with Crippen LogP contribution in [0.1, 0.15) is 57.1 Å². The van der Waals surface area contributed by atoms with Gasteiger partial charge in [-0.2, -0.15) is 0 Å². The SMILES string of the molecule is Cc1cccc(C2(CNC(=O)C(C)C(C)N)CCCCC2)c1.Cl. The van der Waals surface area contributed by atoms with Gasteiger partial charge in [-0.1, -0.05) is 56.0 Å². The molecule has 1 aromatic rings. The summed E-state index contributed by atoms with van der Waals surface area (Å²) in [5.41, 5.74) is 8.61. The minimum absolute atomic E-state index is 0. The minimum Gasteiger partial charge on any atom is -0.355 e. The highest BCUT2D eigenvalue weighted by atomic mass is 35.5. The summed E-state index contributed by atoms with van der Waals surface area (Å²) in [6.45, 7) is 6.66. The van der Waals surface area contributed by atoms with E-state index in [0.717, 1.165) is 19.4 Å². The number of benzene rings is 1. The first-order valence-corrected chi connectivity index (χ1v) is 8.55. The molecule has 2 rings (SSSR count). The van der Waals surface area contributed by atoms with E-state index in [1.165, 1.54) is 30.4 Å². The molecule has 1 amide bonds. The van der Waals surface area contributed by atoms with Gasteiger partial charge in [0, 0.05) is 23.9 Å². The molecule has 2 unspecified atom stereocenters. The van der Waals surface area contributed by atoms with Crippen LogP contribution < -0.4 is 11.1 Å². The smallest absolute Gasteiger partial charge is 0.224 e. The summed E-state index contributed by atoms with van der Waals surface area (Å²) in [6.07, 6.45) is 6.10. The number of nitrogens with one attached hydrogen (secondary N) is 1. The van der Waals surface area contributed by atoms with Crippen molar-refractivity contribution in [2.75, 3.05) is 6.54 Å². The number of nitrogens with two attached hydrogens (primary N) is 1. The Labute approximate surface area is 146 Å². The zero-order valence-corrected chi connectivity index (χ0v) is 15.4. The second-order valence-electron chi connectivity index (χ2n) is 7.08. The summed E-state index contributed by atoms with van der Waals surface area (Å²) in [4.78, 5) is 12.3. The molecule has 0 saturated heterocycles. The molecule has 3 N–H and O–H groups in total. The number of hydrogen-bond donors (Lipinski definition) is 2. The van der Waals surface area contributed by atoms with Crippen molar-refractivity contribution in [3.05, 3.63) is 35.4 Å². The minimum atomic E-state index is -0.141. The van der Waals surface area contributed by atoms with Gasteiger partial charge >= 0.3 is 0 Å². The van der Waals surface area contributed by atoms with E-state index < -0.39 is 0 Å². The molecule has 1 aromatic carbocycles. The largest absolute Gasteiger partial charge is 0.355 e. The number of rotatable bonds is 5. The van der Waals surface area contributed by atoms with Gasteiger partial charge in [-0.3, -0.25) is 4.79 Å². The average Bonchev–Trinajstić information content (AvgIpc) is 2.52. The van der Waals surface area contributed by atoms with E-state index in [0.29, 0.717) is 0 Å². The Morgan fingerprint density at radius 3 is 2.48 bits per heavy atom. The molecule has 130 valence electrons. The Morgan fingerprint density at radius 1 is 1.26 bits per heavy atom. The van der Waals surface area contributed by atoms with Gasteiger partial charge in [-0.25, -0.2) is 0 Å². The predicted octanol–water partition coefficient (Wildman–Crippen LogP) is 3.72. The number of carbonyl (C=O) groups excluding carboxylic acids is 1. The second kappa shape index (κ2) is 8.70. The molecule has 1 aliphatic rings. The maximum absolute atomic E-state index is 12.3. The van der Waals surface area contributed by atoms with Crippen LogP contribution in [0.3, 0.4) is 0 Å². The summed E-state index contributed by atoms with van der Waals surface area (Å²) in [6, 6.07) is 8.66. The summed E-state index contributed by atoms with van der Waals surface area (Å²) >= 11 is 0. The van der Waals surface area contributed by atoms with Gasteiger partial charge in [0.1, 0.15) is 0 Å². The van der Waals surface area contributed by atoms with Gasteiger partial charge in [0.05, 0.1) is 0 Å². The van der Waals surface area contributed by atoms with Crippen LogP contribution in [-0.2, 0) is 10.2 Å². The molecule has 0 heterocycles. The van der Waals surface area contributed by atoms with Crippen LogP contribution in [0.2, 0.25) is 0 Å². The lowest BCUT2D eigenvalue weighted by atomic mass is 9.69. The van der Waals surface area contributed by atoms with E-state index in [-0.39, 0.29) is 35.7 Å². The molecule has 4 heteroatoms. The van der Waals surface area contributed by atoms with E-state index in [1.807, 2.05) is 13.8 Å². The fraction of sp³-hybridized carbons (Fsp3) is 0.632. The second-order valence-corrected chi connectivity index (χ2v) is 7.08. The average molecular weight is 339 g/mol. The third kappa shape index (κ3) is 4.95. The molecular formula is C19H31ClN2O. The molecule has 0 radical (unpaired) electrons. The quantitative estimate of drug-likeness (QED) is 0.859. The first-order chi connectivity index (χ1) is 10.4. The van der Waals surface area contributed by atoms with Gasteiger partial charge < -0.3 is 11.1 Å². The maximum Gasteiger partial charge on any atom is 0.224 e. The molecule has 1 aliphatic carbocycles. The lowest BCUT2D eigenvalue weighted by Crippen LogP contribution is -2.46. The fourth-order valence-corrected chi connectivity index (χ4v) is 3.43. The first-order valence-electron chi connectivity index (χ1n) is 8.55. The van der Waals surface area contributed by atoms with Crippen LogP contribution >= 0.6 is 12.4 Å². The molecule has 0 aliphatic heterocycles. The Hall–Kier alpha value is -1.06. The van der Waals surface area contributed by atoms with Crippen molar-refractivity contribution >= 4 is 18.3 Å². The molecule has 0 bridgehead atoms. The van der Waals surface area contributed by atoms with Crippen molar-refractivity contribution in [3.8, 4) is 0 Å². The fourth-order valence-electron chi connectivity index (χ4n) is 3.43. The molecule has 1 saturated carbocycles. The summed E-state index contributed by atoms with van der Waals surface area (Å²) in [5, 5.41) is 3.17. The van der Waals surface area contributed by atoms with Gasteiger partial charge in [0.2, 0.25) is 5.91 Å². The highest BCUT2D eigenvalue weighted by Crippen LogP contribution is 2.39. The van der Waals surface area contributed by atoms with Crippen LogP contribution in [0.25, 0.3) is 0 Å². The third-order valence-corrected chi connectivity index (χ3v) is 5.24. The van der Waals surface area contributed by atoms with Crippen LogP contribution in [0.5, 0.6) is 0 Å². The highest BCUT2D eigenvalue weighted by Gasteiger charge is 2.34. The highest BCUT2D eigenvalue weighted by molar-refractivity contribution is 5.85. The number of halogens is 1. The van der Waals surface area contributed by atoms with Crippen LogP contribution in [0.15, 0.2) is 24.3 Å². The Balaban J connectivity index is 0.00000264. The van der Waals surface area contributed by atoms with E-state index >= 15 is 0 Å². The standard InChI is InChI=1S/C19H30N2O.ClH/c1-14-8-7-9-17(12-14)19(10-5-4-6-11-19)13-21-18(22)15(2)16(3)20;/h7-9,12,15-16H,4-6,10-11,13,20H2,1-3H3,(H,21,22);1H. The Kier molecular flexibility index (Phi) is 7.56. The van der Waals surface area contributed by atoms with Gasteiger partial charge in [0.25, 0.3) is 0 Å². The van der Waals surface area contributed by atoms with E-state index in [4.69, 9.17) is 5.73 Å². The normalized spacial score (nSPS) is 19.3. The number of amides is 1. The molecular weight excluding hydrogens is 308 g/mol. The first kappa shape index (κ1) is 20.0. The van der Waals surface area contributed by atoms with Crippen molar-refractivity contribution in [1.29, 1.82) is 0 Å². The summed E-state index contributed by atoms with van der Waals surface area (Å²) < 4.78 is 0. The number of hydrogen-bond acceptors (Lipinski definition) is 2. The zero-order chi connectivity index (χ0) is 16.2. The lowest BCUT2D eigenvalue weighted by molar-refractivity contribution is -0.125. The monoisotopic (exact) mass is 338 g/mol. The molecule has 0 spiro atoms. The van der Waals surface area contributed by atoms with Crippen molar-refractivity contribution in [2.24, 2.45) is 11.7 Å². The Bertz CT molecular complexity index is 510. The summed E-state index contributed by atoms with van der Waals surface area (Å²) in [5.74, 6) is -0.0641. The lowest BCUT2D eigenvalue weighted by Gasteiger charge is -2.38. The molecule has 23 heavy (non-hydrogen) atoms. The maximum atomic E-state index is 12.3.